The molecule has 0 saturated carbocycles. The Bertz CT molecular complexity index is 922. The summed E-state index contributed by atoms with van der Waals surface area (Å²) >= 11 is 5.94. The standard InChI is InChI=1S/C21H16ClNO3/c1-25-21(24)18-9-5-6-10-19(18)26-20(15-7-3-2-4-8-15)23-17-13-11-16(22)12-14-17/h2-14H,1H3. The van der Waals surface area contributed by atoms with Gasteiger partial charge in [-0.05, 0) is 48.5 Å². The average molecular weight is 366 g/mol. The normalized spacial score (nSPS) is 11.1. The lowest BCUT2D eigenvalue weighted by atomic mass is 10.2. The lowest BCUT2D eigenvalue weighted by Crippen LogP contribution is -2.13. The van der Waals surface area contributed by atoms with Crippen LogP contribution in [0.15, 0.2) is 83.9 Å². The number of ether oxygens (including phenoxy) is 2. The molecule has 0 radical (unpaired) electrons. The molecule has 5 heteroatoms. The SMILES string of the molecule is COC(=O)c1ccccc1OC(=Nc1ccc(Cl)cc1)c1ccccc1. The van der Waals surface area contributed by atoms with Gasteiger partial charge in [-0.2, -0.15) is 0 Å². The fourth-order valence-corrected chi connectivity index (χ4v) is 2.42. The lowest BCUT2D eigenvalue weighted by molar-refractivity contribution is 0.0598. The van der Waals surface area contributed by atoms with Crippen molar-refractivity contribution in [3.63, 3.8) is 0 Å². The highest BCUT2D eigenvalue weighted by Crippen LogP contribution is 2.23. The molecule has 0 spiro atoms. The van der Waals surface area contributed by atoms with Gasteiger partial charge in [-0.1, -0.05) is 41.9 Å². The molecule has 0 atom stereocenters. The molecule has 3 rings (SSSR count). The third-order valence-electron chi connectivity index (χ3n) is 3.58. The first-order valence-electron chi connectivity index (χ1n) is 7.92. The maximum atomic E-state index is 12.0. The zero-order valence-electron chi connectivity index (χ0n) is 14.1. The Hall–Kier alpha value is -3.11. The predicted molar refractivity (Wildman–Crippen MR) is 103 cm³/mol. The molecule has 0 aliphatic rings. The maximum absolute atomic E-state index is 12.0. The molecule has 130 valence electrons. The largest absolute Gasteiger partial charge is 0.465 e. The van der Waals surface area contributed by atoms with Crippen molar-refractivity contribution < 1.29 is 14.3 Å². The molecule has 0 fully saturated rings. The van der Waals surface area contributed by atoms with E-state index in [2.05, 4.69) is 4.99 Å². The average Bonchev–Trinajstić information content (AvgIpc) is 2.69. The van der Waals surface area contributed by atoms with Gasteiger partial charge in [0.15, 0.2) is 0 Å². The zero-order chi connectivity index (χ0) is 18.4. The number of carbonyl (C=O) groups excluding carboxylic acids is 1. The van der Waals surface area contributed by atoms with Crippen LogP contribution in [0.5, 0.6) is 5.75 Å². The lowest BCUT2D eigenvalue weighted by Gasteiger charge is -2.12. The smallest absolute Gasteiger partial charge is 0.341 e. The molecule has 0 bridgehead atoms. The first-order chi connectivity index (χ1) is 12.7. The van der Waals surface area contributed by atoms with E-state index >= 15 is 0 Å². The van der Waals surface area contributed by atoms with Crippen LogP contribution in [0.25, 0.3) is 0 Å². The van der Waals surface area contributed by atoms with Crippen LogP contribution >= 0.6 is 11.6 Å². The quantitative estimate of drug-likeness (QED) is 0.359. The summed E-state index contributed by atoms with van der Waals surface area (Å²) in [6.07, 6.45) is 0. The van der Waals surface area contributed by atoms with Crippen LogP contribution in [0, 0.1) is 0 Å². The first-order valence-corrected chi connectivity index (χ1v) is 8.30. The van der Waals surface area contributed by atoms with E-state index in [1.54, 1.807) is 48.5 Å². The fourth-order valence-electron chi connectivity index (χ4n) is 2.30. The monoisotopic (exact) mass is 365 g/mol. The number of halogens is 1. The summed E-state index contributed by atoms with van der Waals surface area (Å²) in [5.41, 5.74) is 1.79. The molecule has 0 N–H and O–H groups in total. The fraction of sp³-hybridized carbons (Fsp3) is 0.0476. The topological polar surface area (TPSA) is 47.9 Å². The van der Waals surface area contributed by atoms with E-state index in [9.17, 15) is 4.79 Å². The van der Waals surface area contributed by atoms with Gasteiger partial charge in [0.25, 0.3) is 0 Å². The van der Waals surface area contributed by atoms with Gasteiger partial charge in [-0.25, -0.2) is 9.79 Å². The van der Waals surface area contributed by atoms with Crippen LogP contribution in [0.4, 0.5) is 5.69 Å². The van der Waals surface area contributed by atoms with Gasteiger partial charge in [0.05, 0.1) is 12.8 Å². The van der Waals surface area contributed by atoms with Gasteiger partial charge >= 0.3 is 5.97 Å². The number of carbonyl (C=O) groups is 1. The Balaban J connectivity index is 2.03. The summed E-state index contributed by atoms with van der Waals surface area (Å²) in [7, 11) is 1.33. The number of aliphatic imine (C=N–C) groups is 1. The first kappa shape index (κ1) is 17.7. The summed E-state index contributed by atoms with van der Waals surface area (Å²) in [5.74, 6) is 0.264. The van der Waals surface area contributed by atoms with E-state index in [0.29, 0.717) is 27.9 Å². The van der Waals surface area contributed by atoms with Crippen molar-refractivity contribution in [2.75, 3.05) is 7.11 Å². The summed E-state index contributed by atoms with van der Waals surface area (Å²) < 4.78 is 10.8. The highest BCUT2D eigenvalue weighted by atomic mass is 35.5. The van der Waals surface area contributed by atoms with Gasteiger partial charge in [0, 0.05) is 10.6 Å². The van der Waals surface area contributed by atoms with Gasteiger partial charge in [0.1, 0.15) is 11.3 Å². The second-order valence-corrected chi connectivity index (χ2v) is 5.79. The van der Waals surface area contributed by atoms with Gasteiger partial charge in [-0.3, -0.25) is 0 Å². The van der Waals surface area contributed by atoms with E-state index in [1.165, 1.54) is 7.11 Å². The van der Waals surface area contributed by atoms with E-state index < -0.39 is 5.97 Å². The highest BCUT2D eigenvalue weighted by Gasteiger charge is 2.15. The van der Waals surface area contributed by atoms with E-state index in [0.717, 1.165) is 5.56 Å². The van der Waals surface area contributed by atoms with Crippen LogP contribution in [0.1, 0.15) is 15.9 Å². The van der Waals surface area contributed by atoms with Crippen LogP contribution in [-0.4, -0.2) is 19.0 Å². The van der Waals surface area contributed by atoms with Crippen molar-refractivity contribution in [2.24, 2.45) is 4.99 Å². The van der Waals surface area contributed by atoms with Crippen molar-refractivity contribution in [2.45, 2.75) is 0 Å². The Morgan fingerprint density at radius 1 is 0.885 bits per heavy atom. The van der Waals surface area contributed by atoms with Crippen LogP contribution < -0.4 is 4.74 Å². The number of para-hydroxylation sites is 1. The van der Waals surface area contributed by atoms with Crippen LogP contribution in [0.3, 0.4) is 0 Å². The molecular weight excluding hydrogens is 350 g/mol. The minimum absolute atomic E-state index is 0.328. The zero-order valence-corrected chi connectivity index (χ0v) is 14.8. The molecular formula is C21H16ClNO3. The minimum atomic E-state index is -0.473. The minimum Gasteiger partial charge on any atom is -0.465 e. The second-order valence-electron chi connectivity index (χ2n) is 5.35. The molecule has 0 unspecified atom stereocenters. The molecule has 0 amide bonds. The second kappa shape index (κ2) is 8.32. The Morgan fingerprint density at radius 3 is 2.23 bits per heavy atom. The number of methoxy groups -OCH3 is 1. The van der Waals surface area contributed by atoms with Gasteiger partial charge < -0.3 is 9.47 Å². The summed E-state index contributed by atoms with van der Waals surface area (Å²) in [4.78, 5) is 16.6. The highest BCUT2D eigenvalue weighted by molar-refractivity contribution is 6.30. The molecule has 0 heterocycles. The molecule has 4 nitrogen and oxygen atoms in total. The van der Waals surface area contributed by atoms with Crippen molar-refractivity contribution in [3.05, 3.63) is 95.0 Å². The van der Waals surface area contributed by atoms with Crippen molar-refractivity contribution in [3.8, 4) is 5.75 Å². The molecule has 0 aliphatic heterocycles. The molecule has 0 aliphatic carbocycles. The Kier molecular flexibility index (Phi) is 5.66. The van der Waals surface area contributed by atoms with Crippen molar-refractivity contribution >= 4 is 29.2 Å². The van der Waals surface area contributed by atoms with Crippen molar-refractivity contribution in [1.82, 2.24) is 0 Å². The van der Waals surface area contributed by atoms with E-state index in [1.807, 2.05) is 30.3 Å². The molecule has 3 aromatic carbocycles. The Labute approximate surface area is 156 Å². The summed E-state index contributed by atoms with van der Waals surface area (Å²) in [5, 5.41) is 0.627. The number of hydrogen-bond donors (Lipinski definition) is 0. The third kappa shape index (κ3) is 4.29. The van der Waals surface area contributed by atoms with Gasteiger partial charge in [-0.15, -0.1) is 0 Å². The number of rotatable bonds is 4. The van der Waals surface area contributed by atoms with E-state index in [4.69, 9.17) is 21.1 Å². The van der Waals surface area contributed by atoms with Crippen LogP contribution in [-0.2, 0) is 4.74 Å². The number of nitrogens with zero attached hydrogens (tertiary/aromatic N) is 1. The molecule has 3 aromatic rings. The third-order valence-corrected chi connectivity index (χ3v) is 3.83. The summed E-state index contributed by atoms with van der Waals surface area (Å²) in [6, 6.07) is 23.4. The van der Waals surface area contributed by atoms with Crippen molar-refractivity contribution in [1.29, 1.82) is 0 Å². The van der Waals surface area contributed by atoms with Gasteiger partial charge in [0.2, 0.25) is 5.90 Å². The molecule has 26 heavy (non-hydrogen) atoms. The number of benzene rings is 3. The summed E-state index contributed by atoms with van der Waals surface area (Å²) in [6.45, 7) is 0. The number of hydrogen-bond acceptors (Lipinski definition) is 4. The van der Waals surface area contributed by atoms with E-state index in [-0.39, 0.29) is 0 Å². The molecule has 0 aromatic heterocycles. The molecule has 0 saturated heterocycles. The Morgan fingerprint density at radius 2 is 1.54 bits per heavy atom. The predicted octanol–water partition coefficient (Wildman–Crippen LogP) is 5.28. The maximum Gasteiger partial charge on any atom is 0.341 e. The van der Waals surface area contributed by atoms with Crippen LogP contribution in [0.2, 0.25) is 5.02 Å². The number of esters is 1.